The normalized spacial score (nSPS) is 13.7. The molecule has 3 unspecified atom stereocenters. The molecular weight excluding hydrogens is 755 g/mol. The van der Waals surface area contributed by atoms with Crippen LogP contribution in [0.15, 0.2) is 60.8 Å². The number of ether oxygens (including phenoxy) is 1. The highest BCUT2D eigenvalue weighted by Gasteiger charge is 2.23. The Morgan fingerprint density at radius 3 is 1.36 bits per heavy atom. The molecule has 0 heterocycles. The Morgan fingerprint density at radius 2 is 0.869 bits per heavy atom. The van der Waals surface area contributed by atoms with E-state index in [1.165, 1.54) is 141 Å². The lowest BCUT2D eigenvalue weighted by Crippen LogP contribution is -2.46. The first-order valence-electron chi connectivity index (χ1n) is 26.0. The average Bonchev–Trinajstić information content (AvgIpc) is 3.25. The van der Waals surface area contributed by atoms with Gasteiger partial charge in [0.1, 0.15) is 6.10 Å². The van der Waals surface area contributed by atoms with Crippen LogP contribution in [0.2, 0.25) is 0 Å². The Balaban J connectivity index is 4.72. The highest BCUT2D eigenvalue weighted by Crippen LogP contribution is 2.16. The monoisotopic (exact) mass is 854 g/mol. The highest BCUT2D eigenvalue weighted by molar-refractivity contribution is 5.77. The minimum atomic E-state index is -0.812. The minimum Gasteiger partial charge on any atom is -0.461 e. The van der Waals surface area contributed by atoms with E-state index in [2.05, 4.69) is 80.8 Å². The van der Waals surface area contributed by atoms with Gasteiger partial charge in [-0.05, 0) is 70.6 Å². The van der Waals surface area contributed by atoms with Crippen molar-refractivity contribution in [2.75, 3.05) is 6.61 Å². The van der Waals surface area contributed by atoms with Crippen LogP contribution in [0, 0.1) is 0 Å². The Labute approximate surface area is 378 Å². The summed E-state index contributed by atoms with van der Waals surface area (Å²) in [5.41, 5.74) is 0. The van der Waals surface area contributed by atoms with E-state index in [0.717, 1.165) is 64.2 Å². The van der Waals surface area contributed by atoms with Crippen LogP contribution in [0.4, 0.5) is 0 Å². The zero-order valence-electron chi connectivity index (χ0n) is 40.3. The zero-order chi connectivity index (χ0) is 44.5. The van der Waals surface area contributed by atoms with Crippen LogP contribution in [-0.2, 0) is 14.3 Å². The molecule has 3 atom stereocenters. The first-order chi connectivity index (χ1) is 30.0. The van der Waals surface area contributed by atoms with Crippen LogP contribution < -0.4 is 5.32 Å². The smallest absolute Gasteiger partial charge is 0.306 e. The van der Waals surface area contributed by atoms with Crippen LogP contribution in [0.25, 0.3) is 0 Å². The molecule has 0 aromatic carbocycles. The predicted octanol–water partition coefficient (Wildman–Crippen LogP) is 15.6. The number of nitrogens with one attached hydrogen (secondary N) is 1. The summed E-state index contributed by atoms with van der Waals surface area (Å²) in [6.07, 6.45) is 60.1. The molecule has 0 aliphatic carbocycles. The second kappa shape index (κ2) is 48.6. The summed E-state index contributed by atoms with van der Waals surface area (Å²) in [5.74, 6) is -0.584. The van der Waals surface area contributed by atoms with Crippen molar-refractivity contribution in [3.05, 3.63) is 60.8 Å². The topological polar surface area (TPSA) is 95.9 Å². The molecule has 0 aromatic heterocycles. The fraction of sp³-hybridized carbons (Fsp3) is 0.782. The Morgan fingerprint density at radius 1 is 0.492 bits per heavy atom. The number of aliphatic hydroxyl groups is 2. The number of hydrogen-bond donors (Lipinski definition) is 3. The second-order valence-electron chi connectivity index (χ2n) is 17.6. The third-order valence-corrected chi connectivity index (χ3v) is 11.6. The number of allylic oxidation sites excluding steroid dienone is 9. The van der Waals surface area contributed by atoms with Gasteiger partial charge in [-0.25, -0.2) is 0 Å². The van der Waals surface area contributed by atoms with Gasteiger partial charge in [-0.15, -0.1) is 0 Å². The van der Waals surface area contributed by atoms with E-state index in [0.29, 0.717) is 19.3 Å². The molecule has 0 spiro atoms. The summed E-state index contributed by atoms with van der Waals surface area (Å²) in [5, 5.41) is 23.7. The largest absolute Gasteiger partial charge is 0.461 e. The van der Waals surface area contributed by atoms with Crippen molar-refractivity contribution in [1.82, 2.24) is 5.32 Å². The minimum absolute atomic E-state index is 0.00208. The molecule has 0 rings (SSSR count). The molecule has 0 bridgehead atoms. The maximum atomic E-state index is 13.2. The summed E-state index contributed by atoms with van der Waals surface area (Å²) >= 11 is 0. The lowest BCUT2D eigenvalue weighted by molar-refractivity contribution is -0.150. The molecule has 354 valence electrons. The van der Waals surface area contributed by atoms with Crippen LogP contribution in [0.1, 0.15) is 252 Å². The third kappa shape index (κ3) is 44.0. The molecule has 0 aliphatic heterocycles. The second-order valence-corrected chi connectivity index (χ2v) is 17.6. The first kappa shape index (κ1) is 58.6. The van der Waals surface area contributed by atoms with E-state index in [1.807, 2.05) is 6.08 Å². The van der Waals surface area contributed by atoms with Crippen LogP contribution >= 0.6 is 0 Å². The maximum absolute atomic E-state index is 13.2. The van der Waals surface area contributed by atoms with Crippen LogP contribution in [0.3, 0.4) is 0 Å². The van der Waals surface area contributed by atoms with E-state index in [4.69, 9.17) is 4.74 Å². The number of esters is 1. The molecule has 0 aliphatic rings. The number of amides is 1. The maximum Gasteiger partial charge on any atom is 0.306 e. The molecule has 0 saturated carbocycles. The van der Waals surface area contributed by atoms with E-state index < -0.39 is 18.2 Å². The molecule has 6 heteroatoms. The van der Waals surface area contributed by atoms with E-state index in [-0.39, 0.29) is 24.9 Å². The predicted molar refractivity (Wildman–Crippen MR) is 264 cm³/mol. The summed E-state index contributed by atoms with van der Waals surface area (Å²) in [6.45, 7) is 6.42. The third-order valence-electron chi connectivity index (χ3n) is 11.6. The average molecular weight is 854 g/mol. The van der Waals surface area contributed by atoms with Crippen molar-refractivity contribution in [2.45, 2.75) is 270 Å². The van der Waals surface area contributed by atoms with Crippen molar-refractivity contribution >= 4 is 11.9 Å². The van der Waals surface area contributed by atoms with Gasteiger partial charge in [0.2, 0.25) is 5.91 Å². The molecule has 0 radical (unpaired) electrons. The van der Waals surface area contributed by atoms with Gasteiger partial charge in [0.05, 0.1) is 25.2 Å². The van der Waals surface area contributed by atoms with Gasteiger partial charge in [0, 0.05) is 12.8 Å². The lowest BCUT2D eigenvalue weighted by atomic mass is 10.0. The summed E-state index contributed by atoms with van der Waals surface area (Å²) in [7, 11) is 0. The highest BCUT2D eigenvalue weighted by atomic mass is 16.5. The van der Waals surface area contributed by atoms with E-state index in [1.54, 1.807) is 0 Å². The van der Waals surface area contributed by atoms with Crippen molar-refractivity contribution < 1.29 is 24.5 Å². The Hall–Kier alpha value is -2.44. The molecule has 1 amide bonds. The first-order valence-corrected chi connectivity index (χ1v) is 26.0. The van der Waals surface area contributed by atoms with Crippen molar-refractivity contribution in [3.8, 4) is 0 Å². The number of rotatable bonds is 46. The van der Waals surface area contributed by atoms with E-state index in [9.17, 15) is 19.8 Å². The molecule has 6 nitrogen and oxygen atoms in total. The van der Waals surface area contributed by atoms with Gasteiger partial charge >= 0.3 is 5.97 Å². The number of carbonyl (C=O) groups is 2. The summed E-state index contributed by atoms with van der Waals surface area (Å²) < 4.78 is 5.87. The van der Waals surface area contributed by atoms with Gasteiger partial charge in [0.15, 0.2) is 0 Å². The number of carbonyl (C=O) groups excluding carboxylic acids is 2. The van der Waals surface area contributed by atoms with E-state index >= 15 is 0 Å². The van der Waals surface area contributed by atoms with Gasteiger partial charge < -0.3 is 20.3 Å². The van der Waals surface area contributed by atoms with Gasteiger partial charge in [-0.1, -0.05) is 223 Å². The Bertz CT molecular complexity index is 1090. The summed E-state index contributed by atoms with van der Waals surface area (Å²) in [4.78, 5) is 26.1. The fourth-order valence-electron chi connectivity index (χ4n) is 7.58. The number of aliphatic hydroxyl groups excluding tert-OH is 2. The van der Waals surface area contributed by atoms with Crippen LogP contribution in [0.5, 0.6) is 0 Å². The lowest BCUT2D eigenvalue weighted by Gasteiger charge is -2.24. The number of hydrogen-bond acceptors (Lipinski definition) is 5. The molecule has 3 N–H and O–H groups in total. The standard InChI is InChI=1S/C55H99NO5/c1-4-7-10-13-16-19-22-24-26-28-30-33-36-39-42-45-48-55(60)61-51(46-43-40-37-34-32-29-27-25-23-20-17-14-11-8-5-2)49-54(59)56-52(50-57)53(58)47-44-41-38-35-31-21-18-15-12-9-6-3/h17,20,25-28,32,34,40,43,51-53,57-58H,4-16,18-19,21-24,29-31,33,35-39,41-42,44-50H2,1-3H3,(H,56,59)/b20-17-,27-25-,28-26+,34-32-,43-40-. The van der Waals surface area contributed by atoms with Crippen LogP contribution in [-0.4, -0.2) is 46.9 Å². The quantitative estimate of drug-likeness (QED) is 0.0322. The summed E-state index contributed by atoms with van der Waals surface area (Å²) in [6, 6.07) is -0.732. The SMILES string of the molecule is CCCCC/C=C\C/C=C\C/C=C\C/C=C\CC(CC(=O)NC(CO)C(O)CCCCCCCCCCCCC)OC(=O)CCCCCCC/C=C/CCCCCCCCC. The van der Waals surface area contributed by atoms with Crippen molar-refractivity contribution in [1.29, 1.82) is 0 Å². The molecule has 0 fully saturated rings. The molecular formula is C55H99NO5. The van der Waals surface area contributed by atoms with Crippen molar-refractivity contribution in [2.24, 2.45) is 0 Å². The van der Waals surface area contributed by atoms with Gasteiger partial charge in [-0.2, -0.15) is 0 Å². The fourth-order valence-corrected chi connectivity index (χ4v) is 7.58. The molecule has 0 aromatic rings. The van der Waals surface area contributed by atoms with Gasteiger partial charge in [-0.3, -0.25) is 9.59 Å². The van der Waals surface area contributed by atoms with Crippen molar-refractivity contribution in [3.63, 3.8) is 0 Å². The number of unbranched alkanes of at least 4 members (excludes halogenated alkanes) is 25. The molecule has 61 heavy (non-hydrogen) atoms. The van der Waals surface area contributed by atoms with Gasteiger partial charge in [0.25, 0.3) is 0 Å². The zero-order valence-corrected chi connectivity index (χ0v) is 40.3. The Kier molecular flexibility index (Phi) is 46.6. The molecule has 0 saturated heterocycles.